The zero-order valence-corrected chi connectivity index (χ0v) is 9.01. The normalized spacial score (nSPS) is 10.3. The average Bonchev–Trinajstić information content (AvgIpc) is 2.20. The average molecular weight is 220 g/mol. The van der Waals surface area contributed by atoms with Crippen LogP contribution in [0.5, 0.6) is 0 Å². The molecule has 1 aromatic heterocycles. The number of pyridine rings is 1. The Morgan fingerprint density at radius 1 is 1.20 bits per heavy atom. The van der Waals surface area contributed by atoms with Gasteiger partial charge in [-0.3, -0.25) is 4.79 Å². The van der Waals surface area contributed by atoms with E-state index in [9.17, 15) is 4.79 Å². The van der Waals surface area contributed by atoms with Crippen LogP contribution in [-0.4, -0.2) is 4.98 Å². The van der Waals surface area contributed by atoms with Gasteiger partial charge in [-0.15, -0.1) is 0 Å². The van der Waals surface area contributed by atoms with Crippen molar-refractivity contribution in [1.82, 2.24) is 4.98 Å². The van der Waals surface area contributed by atoms with Crippen LogP contribution in [0.15, 0.2) is 41.3 Å². The minimum Gasteiger partial charge on any atom is -0.329 e. The summed E-state index contributed by atoms with van der Waals surface area (Å²) in [6.45, 7) is 1.94. The van der Waals surface area contributed by atoms with Gasteiger partial charge in [0.1, 0.15) is 0 Å². The first-order chi connectivity index (χ1) is 7.18. The Labute approximate surface area is 92.5 Å². The van der Waals surface area contributed by atoms with Gasteiger partial charge in [0.15, 0.2) is 0 Å². The molecule has 0 saturated heterocycles. The summed E-state index contributed by atoms with van der Waals surface area (Å²) in [5, 5.41) is 0.684. The Kier molecular flexibility index (Phi) is 2.60. The minimum absolute atomic E-state index is 0.0806. The molecule has 0 saturated carbocycles. The molecule has 0 atom stereocenters. The zero-order chi connectivity index (χ0) is 10.8. The van der Waals surface area contributed by atoms with Crippen LogP contribution in [0.25, 0.3) is 11.1 Å². The first kappa shape index (κ1) is 9.99. The molecule has 0 spiro atoms. The number of nitrogens with one attached hydrogen (secondary N) is 1. The number of aryl methyl sites for hydroxylation is 1. The van der Waals surface area contributed by atoms with Gasteiger partial charge in [0.25, 0.3) is 5.56 Å². The van der Waals surface area contributed by atoms with Gasteiger partial charge in [-0.25, -0.2) is 0 Å². The Morgan fingerprint density at radius 2 is 2.00 bits per heavy atom. The molecule has 0 aliphatic heterocycles. The smallest absolute Gasteiger partial charge is 0.255 e. The maximum atomic E-state index is 11.6. The van der Waals surface area contributed by atoms with E-state index in [1.165, 1.54) is 0 Å². The molecule has 0 unspecified atom stereocenters. The molecular weight excluding hydrogens is 210 g/mol. The van der Waals surface area contributed by atoms with Gasteiger partial charge in [0, 0.05) is 16.8 Å². The van der Waals surface area contributed by atoms with Crippen LogP contribution in [0.4, 0.5) is 0 Å². The van der Waals surface area contributed by atoms with Crippen LogP contribution in [0, 0.1) is 6.92 Å². The summed E-state index contributed by atoms with van der Waals surface area (Å²) in [5.74, 6) is 0. The Bertz CT molecular complexity index is 545. The molecule has 15 heavy (non-hydrogen) atoms. The first-order valence-corrected chi connectivity index (χ1v) is 5.00. The van der Waals surface area contributed by atoms with Crippen molar-refractivity contribution in [2.24, 2.45) is 0 Å². The number of rotatable bonds is 1. The standard InChI is InChI=1S/C12H10ClNO/c1-8-7-9(13)4-5-10(8)11-3-2-6-14-12(11)15/h2-7H,1H3,(H,14,15). The van der Waals surface area contributed by atoms with Crippen molar-refractivity contribution in [1.29, 1.82) is 0 Å². The van der Waals surface area contributed by atoms with Gasteiger partial charge < -0.3 is 4.98 Å². The fourth-order valence-electron chi connectivity index (χ4n) is 1.56. The molecule has 76 valence electrons. The van der Waals surface area contributed by atoms with Crippen molar-refractivity contribution in [3.8, 4) is 11.1 Å². The second-order valence-electron chi connectivity index (χ2n) is 3.37. The van der Waals surface area contributed by atoms with Crippen molar-refractivity contribution in [2.75, 3.05) is 0 Å². The number of benzene rings is 1. The molecule has 0 bridgehead atoms. The predicted molar refractivity (Wildman–Crippen MR) is 62.2 cm³/mol. The van der Waals surface area contributed by atoms with E-state index >= 15 is 0 Å². The van der Waals surface area contributed by atoms with Crippen LogP contribution in [0.1, 0.15) is 5.56 Å². The summed E-state index contributed by atoms with van der Waals surface area (Å²) in [6.07, 6.45) is 1.62. The van der Waals surface area contributed by atoms with Crippen molar-refractivity contribution in [3.05, 3.63) is 57.5 Å². The van der Waals surface area contributed by atoms with Gasteiger partial charge in [-0.05, 0) is 42.3 Å². The van der Waals surface area contributed by atoms with E-state index in [0.29, 0.717) is 10.6 Å². The van der Waals surface area contributed by atoms with E-state index in [2.05, 4.69) is 4.98 Å². The van der Waals surface area contributed by atoms with Gasteiger partial charge in [-0.2, -0.15) is 0 Å². The highest BCUT2D eigenvalue weighted by molar-refractivity contribution is 6.30. The van der Waals surface area contributed by atoms with E-state index in [1.54, 1.807) is 18.3 Å². The molecule has 1 heterocycles. The van der Waals surface area contributed by atoms with Crippen molar-refractivity contribution in [2.45, 2.75) is 6.92 Å². The molecular formula is C12H10ClNO. The largest absolute Gasteiger partial charge is 0.329 e. The van der Waals surface area contributed by atoms with Gasteiger partial charge in [-0.1, -0.05) is 17.7 Å². The van der Waals surface area contributed by atoms with Crippen LogP contribution >= 0.6 is 11.6 Å². The summed E-state index contributed by atoms with van der Waals surface area (Å²) >= 11 is 5.86. The summed E-state index contributed by atoms with van der Waals surface area (Å²) in [6, 6.07) is 9.11. The molecule has 0 aliphatic rings. The Morgan fingerprint density at radius 3 is 2.67 bits per heavy atom. The molecule has 0 amide bonds. The van der Waals surface area contributed by atoms with E-state index < -0.39 is 0 Å². The fourth-order valence-corrected chi connectivity index (χ4v) is 1.79. The van der Waals surface area contributed by atoms with Crippen molar-refractivity contribution in [3.63, 3.8) is 0 Å². The molecule has 1 N–H and O–H groups in total. The number of hydrogen-bond acceptors (Lipinski definition) is 1. The lowest BCUT2D eigenvalue weighted by molar-refractivity contribution is 1.24. The molecule has 2 nitrogen and oxygen atoms in total. The number of hydrogen-bond donors (Lipinski definition) is 1. The summed E-state index contributed by atoms with van der Waals surface area (Å²) in [7, 11) is 0. The van der Waals surface area contributed by atoms with E-state index in [-0.39, 0.29) is 5.56 Å². The van der Waals surface area contributed by atoms with Gasteiger partial charge in [0.05, 0.1) is 0 Å². The number of H-pyrrole nitrogens is 1. The molecule has 0 fully saturated rings. The van der Waals surface area contributed by atoms with Crippen LogP contribution in [-0.2, 0) is 0 Å². The molecule has 2 rings (SSSR count). The molecule has 1 aromatic carbocycles. The fraction of sp³-hybridized carbons (Fsp3) is 0.0833. The lowest BCUT2D eigenvalue weighted by Crippen LogP contribution is -2.07. The Balaban J connectivity index is 2.65. The summed E-state index contributed by atoms with van der Waals surface area (Å²) in [4.78, 5) is 14.2. The van der Waals surface area contributed by atoms with Gasteiger partial charge >= 0.3 is 0 Å². The van der Waals surface area contributed by atoms with Crippen LogP contribution < -0.4 is 5.56 Å². The minimum atomic E-state index is -0.0806. The maximum absolute atomic E-state index is 11.6. The predicted octanol–water partition coefficient (Wildman–Crippen LogP) is 3.00. The first-order valence-electron chi connectivity index (χ1n) is 4.63. The lowest BCUT2D eigenvalue weighted by Gasteiger charge is -2.04. The third kappa shape index (κ3) is 1.95. The Hall–Kier alpha value is -1.54. The van der Waals surface area contributed by atoms with E-state index in [0.717, 1.165) is 11.1 Å². The topological polar surface area (TPSA) is 32.9 Å². The van der Waals surface area contributed by atoms with Crippen LogP contribution in [0.3, 0.4) is 0 Å². The second-order valence-corrected chi connectivity index (χ2v) is 3.81. The zero-order valence-electron chi connectivity index (χ0n) is 8.25. The van der Waals surface area contributed by atoms with Crippen molar-refractivity contribution < 1.29 is 0 Å². The van der Waals surface area contributed by atoms with E-state index in [1.807, 2.05) is 25.1 Å². The summed E-state index contributed by atoms with van der Waals surface area (Å²) in [5.41, 5.74) is 2.51. The number of halogens is 1. The lowest BCUT2D eigenvalue weighted by atomic mass is 10.0. The molecule has 3 heteroatoms. The summed E-state index contributed by atoms with van der Waals surface area (Å²) < 4.78 is 0. The van der Waals surface area contributed by atoms with E-state index in [4.69, 9.17) is 11.6 Å². The maximum Gasteiger partial charge on any atom is 0.255 e. The SMILES string of the molecule is Cc1cc(Cl)ccc1-c1ccc[nH]c1=O. The molecule has 0 aliphatic carbocycles. The highest BCUT2D eigenvalue weighted by Crippen LogP contribution is 2.22. The van der Waals surface area contributed by atoms with Crippen LogP contribution in [0.2, 0.25) is 5.02 Å². The number of aromatic nitrogens is 1. The van der Waals surface area contributed by atoms with Crippen molar-refractivity contribution >= 4 is 11.6 Å². The monoisotopic (exact) mass is 219 g/mol. The third-order valence-electron chi connectivity index (χ3n) is 2.30. The number of aromatic amines is 1. The molecule has 2 aromatic rings. The third-order valence-corrected chi connectivity index (χ3v) is 2.53. The van der Waals surface area contributed by atoms with Gasteiger partial charge in [0.2, 0.25) is 0 Å². The highest BCUT2D eigenvalue weighted by Gasteiger charge is 2.05. The second kappa shape index (κ2) is 3.91. The molecule has 0 radical (unpaired) electrons. The highest BCUT2D eigenvalue weighted by atomic mass is 35.5. The quantitative estimate of drug-likeness (QED) is 0.786.